The van der Waals surface area contributed by atoms with Gasteiger partial charge in [-0.3, -0.25) is 43.2 Å². The summed E-state index contributed by atoms with van der Waals surface area (Å²) in [5.41, 5.74) is 10.8. The molecular formula is C40H72N10O14. The molecule has 0 spiro atoms. The molecule has 10 unspecified atom stereocenters. The molecule has 0 fully saturated rings. The number of carbonyl (C=O) groups excluding carboxylic acids is 9. The van der Waals surface area contributed by atoms with Crippen LogP contribution in [0, 0.1) is 23.7 Å². The van der Waals surface area contributed by atoms with Crippen LogP contribution < -0.4 is 54.0 Å². The fraction of sp³-hybridized carbons (Fsp3) is 0.750. The first-order chi connectivity index (χ1) is 29.6. The third-order valence-corrected chi connectivity index (χ3v) is 9.63. The highest BCUT2D eigenvalue weighted by Crippen LogP contribution is 2.11. The van der Waals surface area contributed by atoms with Crippen molar-refractivity contribution >= 4 is 59.1 Å². The van der Waals surface area contributed by atoms with Crippen LogP contribution in [-0.2, 0) is 47.9 Å². The molecule has 0 saturated carbocycles. The summed E-state index contributed by atoms with van der Waals surface area (Å²) in [4.78, 5) is 129. The highest BCUT2D eigenvalue weighted by Gasteiger charge is 2.37. The number of carboxylic acid groups (broad SMARTS) is 1. The van der Waals surface area contributed by atoms with Gasteiger partial charge in [-0.05, 0) is 56.8 Å². The molecule has 0 rings (SSSR count). The van der Waals surface area contributed by atoms with Gasteiger partial charge in [0.15, 0.2) is 0 Å². The number of aliphatic carboxylic acids is 1. The number of aliphatic hydroxyl groups excluding tert-OH is 3. The summed E-state index contributed by atoms with van der Waals surface area (Å²) in [6.45, 7) is 14.1. The number of amides is 9. The predicted octanol–water partition coefficient (Wildman–Crippen LogP) is -4.67. The number of nitrogens with one attached hydrogen (secondary N) is 8. The average Bonchev–Trinajstić information content (AvgIpc) is 3.18. The zero-order valence-electron chi connectivity index (χ0n) is 38.4. The lowest BCUT2D eigenvalue weighted by atomic mass is 9.99. The second-order valence-corrected chi connectivity index (χ2v) is 17.2. The fourth-order valence-electron chi connectivity index (χ4n) is 5.93. The number of hydrogen-bond acceptors (Lipinski definition) is 14. The second kappa shape index (κ2) is 28.4. The van der Waals surface area contributed by atoms with E-state index in [4.69, 9.17) is 11.5 Å². The third kappa shape index (κ3) is 20.8. The molecule has 0 aromatic carbocycles. The fourth-order valence-corrected chi connectivity index (χ4v) is 5.93. The molecule has 9 amide bonds. The molecule has 16 N–H and O–H groups in total. The highest BCUT2D eigenvalue weighted by atomic mass is 16.4. The Morgan fingerprint density at radius 3 is 1.30 bits per heavy atom. The largest absolute Gasteiger partial charge is 0.480 e. The molecule has 24 heteroatoms. The molecule has 0 aromatic rings. The van der Waals surface area contributed by atoms with Crippen LogP contribution in [0.25, 0.3) is 0 Å². The molecule has 64 heavy (non-hydrogen) atoms. The average molecular weight is 917 g/mol. The Hall–Kier alpha value is -5.46. The third-order valence-electron chi connectivity index (χ3n) is 9.63. The van der Waals surface area contributed by atoms with Crippen molar-refractivity contribution in [2.75, 3.05) is 13.2 Å². The number of nitrogens with two attached hydrogens (primary N) is 2. The zero-order valence-corrected chi connectivity index (χ0v) is 38.4. The van der Waals surface area contributed by atoms with Gasteiger partial charge in [-0.15, -0.1) is 0 Å². The van der Waals surface area contributed by atoms with Gasteiger partial charge in [0.25, 0.3) is 0 Å². The van der Waals surface area contributed by atoms with E-state index in [9.17, 15) is 68.4 Å². The van der Waals surface area contributed by atoms with Gasteiger partial charge < -0.3 is 74.4 Å². The topological polar surface area (TPSA) is 400 Å². The minimum absolute atomic E-state index is 0.0302. The van der Waals surface area contributed by atoms with E-state index in [1.165, 1.54) is 6.92 Å². The Morgan fingerprint density at radius 2 is 0.859 bits per heavy atom. The second-order valence-electron chi connectivity index (χ2n) is 17.2. The molecule has 0 bridgehead atoms. The summed E-state index contributed by atoms with van der Waals surface area (Å²) < 4.78 is 0. The lowest BCUT2D eigenvalue weighted by molar-refractivity contribution is -0.143. The maximum atomic E-state index is 13.6. The maximum absolute atomic E-state index is 13.6. The van der Waals surface area contributed by atoms with E-state index in [1.807, 2.05) is 0 Å². The summed E-state index contributed by atoms with van der Waals surface area (Å²) in [5, 5.41) is 58.4. The van der Waals surface area contributed by atoms with Gasteiger partial charge in [0.1, 0.15) is 54.4 Å². The molecule has 24 nitrogen and oxygen atoms in total. The van der Waals surface area contributed by atoms with Crippen LogP contribution >= 0.6 is 0 Å². The van der Waals surface area contributed by atoms with E-state index in [1.54, 1.807) is 55.4 Å². The van der Waals surface area contributed by atoms with Gasteiger partial charge >= 0.3 is 5.97 Å². The number of aliphatic hydroxyl groups is 3. The summed E-state index contributed by atoms with van der Waals surface area (Å²) in [7, 11) is 0. The first kappa shape index (κ1) is 58.5. The van der Waals surface area contributed by atoms with E-state index < -0.39 is 151 Å². The van der Waals surface area contributed by atoms with Gasteiger partial charge in [0.05, 0.1) is 19.3 Å². The van der Waals surface area contributed by atoms with Crippen LogP contribution in [0.4, 0.5) is 0 Å². The van der Waals surface area contributed by atoms with Crippen molar-refractivity contribution < 1.29 is 68.4 Å². The van der Waals surface area contributed by atoms with Gasteiger partial charge in [0.2, 0.25) is 53.2 Å². The van der Waals surface area contributed by atoms with E-state index in [0.717, 1.165) is 6.92 Å². The van der Waals surface area contributed by atoms with Crippen LogP contribution in [-0.4, -0.2) is 153 Å². The first-order valence-electron chi connectivity index (χ1n) is 21.2. The Morgan fingerprint density at radius 1 is 0.469 bits per heavy atom. The number of hydrogen-bond donors (Lipinski definition) is 14. The zero-order chi connectivity index (χ0) is 49.8. The normalized spacial score (nSPS) is 16.1. The van der Waals surface area contributed by atoms with E-state index in [0.29, 0.717) is 0 Å². The molecule has 0 radical (unpaired) electrons. The lowest BCUT2D eigenvalue weighted by Gasteiger charge is -2.30. The quantitative estimate of drug-likeness (QED) is 0.0336. The maximum Gasteiger partial charge on any atom is 0.326 e. The molecular weight excluding hydrogens is 844 g/mol. The minimum atomic E-state index is -1.82. The number of primary amides is 1. The minimum Gasteiger partial charge on any atom is -0.480 e. The number of carbonyl (C=O) groups is 10. The Bertz CT molecular complexity index is 1630. The smallest absolute Gasteiger partial charge is 0.326 e. The monoisotopic (exact) mass is 917 g/mol. The summed E-state index contributed by atoms with van der Waals surface area (Å²) >= 11 is 0. The molecule has 0 heterocycles. The van der Waals surface area contributed by atoms with Gasteiger partial charge in [-0.1, -0.05) is 55.4 Å². The molecule has 10 atom stereocenters. The van der Waals surface area contributed by atoms with Crippen molar-refractivity contribution in [3.8, 4) is 0 Å². The van der Waals surface area contributed by atoms with Crippen molar-refractivity contribution in [3.63, 3.8) is 0 Å². The van der Waals surface area contributed by atoms with E-state index in [2.05, 4.69) is 42.5 Å². The molecule has 0 saturated heterocycles. The van der Waals surface area contributed by atoms with Crippen molar-refractivity contribution in [1.82, 2.24) is 42.5 Å². The van der Waals surface area contributed by atoms with E-state index in [-0.39, 0.29) is 31.1 Å². The molecule has 0 aliphatic heterocycles. The summed E-state index contributed by atoms with van der Waals surface area (Å²) in [6.07, 6.45) is -2.23. The van der Waals surface area contributed by atoms with Crippen LogP contribution in [0.15, 0.2) is 0 Å². The van der Waals surface area contributed by atoms with Gasteiger partial charge in [-0.25, -0.2) is 4.79 Å². The van der Waals surface area contributed by atoms with Crippen molar-refractivity contribution in [1.29, 1.82) is 0 Å². The highest BCUT2D eigenvalue weighted by molar-refractivity contribution is 5.98. The first-order valence-corrected chi connectivity index (χ1v) is 21.2. The lowest BCUT2D eigenvalue weighted by Crippen LogP contribution is -2.63. The van der Waals surface area contributed by atoms with Crippen LogP contribution in [0.5, 0.6) is 0 Å². The van der Waals surface area contributed by atoms with Gasteiger partial charge in [-0.2, -0.15) is 0 Å². The van der Waals surface area contributed by atoms with Crippen LogP contribution in [0.3, 0.4) is 0 Å². The predicted molar refractivity (Wildman–Crippen MR) is 230 cm³/mol. The van der Waals surface area contributed by atoms with Crippen LogP contribution in [0.2, 0.25) is 0 Å². The molecule has 0 aromatic heterocycles. The van der Waals surface area contributed by atoms with E-state index >= 15 is 0 Å². The SMILES string of the molecule is CC(C)CC(NC(=O)C(CCC(N)=O)NC(=O)C(NC(=O)C(CO)NC(=O)C(NC(=O)C(NC(=O)C(C)NC(=O)C(CC(C)C)NC(=O)C(N)CO)C(C)C)C(C)C)C(C)O)C(=O)O. The number of rotatable bonds is 29. The molecule has 366 valence electrons. The Balaban J connectivity index is 6.04. The van der Waals surface area contributed by atoms with Crippen molar-refractivity contribution in [3.05, 3.63) is 0 Å². The number of carboxylic acids is 1. The Kier molecular flexibility index (Phi) is 25.9. The molecule has 0 aliphatic rings. The summed E-state index contributed by atoms with van der Waals surface area (Å²) in [6, 6.07) is -12.7. The molecule has 0 aliphatic carbocycles. The van der Waals surface area contributed by atoms with Crippen LogP contribution in [0.1, 0.15) is 94.9 Å². The Labute approximate surface area is 373 Å². The standard InChI is InChI=1S/C40H72N10O14/c1-17(2)13-25(45-33(56)23(41)15-51)35(58)43-21(9)32(55)48-30(20(7)8)38(61)49-29(19(5)6)37(60)47-27(16-52)36(59)50-31(22(10)53)39(62)44-24(11-12-28(42)54)34(57)46-26(40(63)64)14-18(3)4/h17-27,29-31,51-53H,11-16,41H2,1-10H3,(H2,42,54)(H,43,58)(H,44,62)(H,45,56)(H,46,57)(H,47,60)(H,48,55)(H,49,61)(H,50,59)(H,63,64). The van der Waals surface area contributed by atoms with Crippen molar-refractivity contribution in [2.24, 2.45) is 35.1 Å². The van der Waals surface area contributed by atoms with Gasteiger partial charge in [0, 0.05) is 6.42 Å². The summed E-state index contributed by atoms with van der Waals surface area (Å²) in [5.74, 6) is -11.1. The van der Waals surface area contributed by atoms with Crippen molar-refractivity contribution in [2.45, 2.75) is 155 Å².